The van der Waals surface area contributed by atoms with Gasteiger partial charge in [0.2, 0.25) is 0 Å². The predicted octanol–water partition coefficient (Wildman–Crippen LogP) is 2.94. The molecule has 6 heteroatoms. The number of ether oxygens (including phenoxy) is 2. The van der Waals surface area contributed by atoms with Crippen LogP contribution < -0.4 is 9.47 Å². The molecule has 0 bridgehead atoms. The van der Waals surface area contributed by atoms with Crippen molar-refractivity contribution in [3.8, 4) is 11.5 Å². The maximum Gasteiger partial charge on any atom is 0.314 e. The Balaban J connectivity index is 2.84. The highest BCUT2D eigenvalue weighted by atomic mass is 32.1. The number of rotatable bonds is 7. The number of methoxy groups -OCH3 is 1. The van der Waals surface area contributed by atoms with Crippen molar-refractivity contribution in [1.29, 1.82) is 0 Å². The maximum absolute atomic E-state index is 10.9. The summed E-state index contributed by atoms with van der Waals surface area (Å²) >= 11 is 4.21. The molecule has 0 spiro atoms. The van der Waals surface area contributed by atoms with E-state index in [-0.39, 0.29) is 17.4 Å². The fourth-order valence-corrected chi connectivity index (χ4v) is 1.76. The molecule has 0 aliphatic heterocycles. The molecule has 18 heavy (non-hydrogen) atoms. The molecule has 0 N–H and O–H groups in total. The van der Waals surface area contributed by atoms with E-state index in [0.29, 0.717) is 18.1 Å². The van der Waals surface area contributed by atoms with Gasteiger partial charge in [0.1, 0.15) is 5.75 Å². The SMILES string of the molecule is CCC(CS)COc1ccc(OC)cc1[N+](=O)[O-]. The second kappa shape index (κ2) is 7.10. The Hall–Kier alpha value is -1.43. The van der Waals surface area contributed by atoms with E-state index in [4.69, 9.17) is 9.47 Å². The van der Waals surface area contributed by atoms with Crippen molar-refractivity contribution < 1.29 is 14.4 Å². The topological polar surface area (TPSA) is 61.6 Å². The zero-order chi connectivity index (χ0) is 13.5. The van der Waals surface area contributed by atoms with Gasteiger partial charge in [0.05, 0.1) is 24.7 Å². The van der Waals surface area contributed by atoms with Gasteiger partial charge in [-0.15, -0.1) is 0 Å². The van der Waals surface area contributed by atoms with Gasteiger partial charge < -0.3 is 9.47 Å². The molecule has 1 aromatic rings. The van der Waals surface area contributed by atoms with E-state index in [2.05, 4.69) is 12.6 Å². The monoisotopic (exact) mass is 271 g/mol. The van der Waals surface area contributed by atoms with E-state index in [9.17, 15) is 10.1 Å². The average Bonchev–Trinajstić information content (AvgIpc) is 2.39. The van der Waals surface area contributed by atoms with Gasteiger partial charge in [-0.3, -0.25) is 10.1 Å². The molecule has 0 heterocycles. The molecule has 100 valence electrons. The molecule has 5 nitrogen and oxygen atoms in total. The molecule has 0 fully saturated rings. The lowest BCUT2D eigenvalue weighted by atomic mass is 10.1. The van der Waals surface area contributed by atoms with Crippen LogP contribution in [0.25, 0.3) is 0 Å². The summed E-state index contributed by atoms with van der Waals surface area (Å²) in [6.07, 6.45) is 0.924. The third kappa shape index (κ3) is 3.80. The number of nitro groups is 1. The fraction of sp³-hybridized carbons (Fsp3) is 0.500. The van der Waals surface area contributed by atoms with Crippen LogP contribution in [0.2, 0.25) is 0 Å². The number of nitrogens with zero attached hydrogens (tertiary/aromatic N) is 1. The average molecular weight is 271 g/mol. The van der Waals surface area contributed by atoms with Gasteiger partial charge in [-0.05, 0) is 24.3 Å². The Kier molecular flexibility index (Phi) is 5.77. The van der Waals surface area contributed by atoms with E-state index in [1.807, 2.05) is 6.92 Å². The molecule has 0 saturated carbocycles. The highest BCUT2D eigenvalue weighted by molar-refractivity contribution is 7.80. The minimum atomic E-state index is -0.473. The largest absolute Gasteiger partial charge is 0.496 e. The molecule has 1 rings (SSSR count). The second-order valence-corrected chi connectivity index (χ2v) is 4.22. The summed E-state index contributed by atoms with van der Waals surface area (Å²) in [6.45, 7) is 2.46. The molecule has 0 aromatic heterocycles. The summed E-state index contributed by atoms with van der Waals surface area (Å²) in [6, 6.07) is 4.56. The van der Waals surface area contributed by atoms with Crippen molar-refractivity contribution in [2.75, 3.05) is 19.5 Å². The van der Waals surface area contributed by atoms with Crippen molar-refractivity contribution in [1.82, 2.24) is 0 Å². The van der Waals surface area contributed by atoms with E-state index in [1.54, 1.807) is 12.1 Å². The normalized spacial score (nSPS) is 11.9. The van der Waals surface area contributed by atoms with Crippen LogP contribution in [0.4, 0.5) is 5.69 Å². The van der Waals surface area contributed by atoms with Gasteiger partial charge in [-0.2, -0.15) is 12.6 Å². The van der Waals surface area contributed by atoms with Crippen LogP contribution in [-0.4, -0.2) is 24.4 Å². The van der Waals surface area contributed by atoms with Crippen molar-refractivity contribution in [2.24, 2.45) is 5.92 Å². The summed E-state index contributed by atoms with van der Waals surface area (Å²) in [5, 5.41) is 10.9. The van der Waals surface area contributed by atoms with Crippen molar-refractivity contribution in [2.45, 2.75) is 13.3 Å². The lowest BCUT2D eigenvalue weighted by molar-refractivity contribution is -0.386. The minimum Gasteiger partial charge on any atom is -0.496 e. The smallest absolute Gasteiger partial charge is 0.314 e. The lowest BCUT2D eigenvalue weighted by Gasteiger charge is -2.13. The van der Waals surface area contributed by atoms with E-state index < -0.39 is 4.92 Å². The quantitative estimate of drug-likeness (QED) is 0.470. The number of nitro benzene ring substituents is 1. The second-order valence-electron chi connectivity index (χ2n) is 3.86. The van der Waals surface area contributed by atoms with E-state index >= 15 is 0 Å². The summed E-state index contributed by atoms with van der Waals surface area (Å²) in [5.41, 5.74) is -0.0802. The fourth-order valence-electron chi connectivity index (χ4n) is 1.40. The van der Waals surface area contributed by atoms with Crippen LogP contribution in [0.15, 0.2) is 18.2 Å². The maximum atomic E-state index is 10.9. The molecule has 1 unspecified atom stereocenters. The molecule has 0 saturated heterocycles. The summed E-state index contributed by atoms with van der Waals surface area (Å²) < 4.78 is 10.5. The van der Waals surface area contributed by atoms with Crippen molar-refractivity contribution in [3.05, 3.63) is 28.3 Å². The zero-order valence-electron chi connectivity index (χ0n) is 10.5. The Morgan fingerprint density at radius 2 is 2.22 bits per heavy atom. The first-order chi connectivity index (χ1) is 8.62. The number of thiol groups is 1. The van der Waals surface area contributed by atoms with Crippen LogP contribution in [-0.2, 0) is 0 Å². The summed E-state index contributed by atoms with van der Waals surface area (Å²) in [5.74, 6) is 1.69. The summed E-state index contributed by atoms with van der Waals surface area (Å²) in [7, 11) is 1.47. The van der Waals surface area contributed by atoms with Gasteiger partial charge in [0.25, 0.3) is 0 Å². The first kappa shape index (κ1) is 14.6. The molecular formula is C12H17NO4S. The number of benzene rings is 1. The first-order valence-corrected chi connectivity index (χ1v) is 6.31. The van der Waals surface area contributed by atoms with E-state index in [1.165, 1.54) is 13.2 Å². The van der Waals surface area contributed by atoms with Crippen LogP contribution >= 0.6 is 12.6 Å². The first-order valence-electron chi connectivity index (χ1n) is 5.68. The number of hydrogen-bond acceptors (Lipinski definition) is 5. The molecule has 0 radical (unpaired) electrons. The third-order valence-electron chi connectivity index (χ3n) is 2.67. The zero-order valence-corrected chi connectivity index (χ0v) is 11.4. The highest BCUT2D eigenvalue weighted by Crippen LogP contribution is 2.31. The van der Waals surface area contributed by atoms with Gasteiger partial charge in [0.15, 0.2) is 5.75 Å². The van der Waals surface area contributed by atoms with Gasteiger partial charge in [0, 0.05) is 5.92 Å². The van der Waals surface area contributed by atoms with Crippen LogP contribution in [0.3, 0.4) is 0 Å². The highest BCUT2D eigenvalue weighted by Gasteiger charge is 2.17. The Bertz CT molecular complexity index is 407. The van der Waals surface area contributed by atoms with Crippen LogP contribution in [0.5, 0.6) is 11.5 Å². The standard InChI is InChI=1S/C12H17NO4S/c1-3-9(8-18)7-17-12-5-4-10(16-2)6-11(12)13(14)15/h4-6,9,18H,3,7-8H2,1-2H3. The molecule has 0 amide bonds. The van der Waals surface area contributed by atoms with Gasteiger partial charge in [-0.1, -0.05) is 6.92 Å². The van der Waals surface area contributed by atoms with Crippen molar-refractivity contribution in [3.63, 3.8) is 0 Å². The van der Waals surface area contributed by atoms with Gasteiger partial charge >= 0.3 is 5.69 Å². The molecule has 1 atom stereocenters. The van der Waals surface area contributed by atoms with E-state index in [0.717, 1.165) is 6.42 Å². The minimum absolute atomic E-state index is 0.0802. The molecule has 0 aliphatic carbocycles. The Morgan fingerprint density at radius 3 is 2.72 bits per heavy atom. The molecule has 1 aromatic carbocycles. The Morgan fingerprint density at radius 1 is 1.50 bits per heavy atom. The van der Waals surface area contributed by atoms with Crippen molar-refractivity contribution >= 4 is 18.3 Å². The molecule has 0 aliphatic rings. The van der Waals surface area contributed by atoms with Gasteiger partial charge in [-0.25, -0.2) is 0 Å². The lowest BCUT2D eigenvalue weighted by Crippen LogP contribution is -2.13. The summed E-state index contributed by atoms with van der Waals surface area (Å²) in [4.78, 5) is 10.5. The predicted molar refractivity (Wildman–Crippen MR) is 72.8 cm³/mol. The third-order valence-corrected chi connectivity index (χ3v) is 3.19. The van der Waals surface area contributed by atoms with Crippen LogP contribution in [0, 0.1) is 16.0 Å². The molecular weight excluding hydrogens is 254 g/mol. The van der Waals surface area contributed by atoms with Crippen LogP contribution in [0.1, 0.15) is 13.3 Å². The Labute approximate surface area is 112 Å². The number of hydrogen-bond donors (Lipinski definition) is 1.